The minimum atomic E-state index is -0.345. The number of nitrogens with one attached hydrogen (secondary N) is 1. The minimum absolute atomic E-state index is 0.142. The number of nitrogens with zero attached hydrogens (tertiary/aromatic N) is 1. The zero-order valence-corrected chi connectivity index (χ0v) is 12.7. The zero-order chi connectivity index (χ0) is 14.5. The summed E-state index contributed by atoms with van der Waals surface area (Å²) in [6.07, 6.45) is 1.64. The summed E-state index contributed by atoms with van der Waals surface area (Å²) in [5.74, 6) is 0.0318. The molecule has 20 heavy (non-hydrogen) atoms. The van der Waals surface area contributed by atoms with Crippen LogP contribution in [0.2, 0.25) is 0 Å². The summed E-state index contributed by atoms with van der Waals surface area (Å²) in [7, 11) is 0. The number of aromatic nitrogens is 1. The second-order valence-electron chi connectivity index (χ2n) is 4.58. The van der Waals surface area contributed by atoms with Crippen molar-refractivity contribution in [2.75, 3.05) is 5.32 Å². The lowest BCUT2D eigenvalue weighted by Crippen LogP contribution is -2.30. The van der Waals surface area contributed by atoms with Gasteiger partial charge in [0.1, 0.15) is 5.82 Å². The molecule has 0 saturated heterocycles. The monoisotopic (exact) mass is 333 g/mol. The molecular weight excluding hydrogens is 318 g/mol. The van der Waals surface area contributed by atoms with Gasteiger partial charge >= 0.3 is 0 Å². The third kappa shape index (κ3) is 3.65. The number of anilines is 1. The van der Waals surface area contributed by atoms with E-state index in [1.165, 1.54) is 0 Å². The highest BCUT2D eigenvalue weighted by atomic mass is 79.9. The first-order valence-electron chi connectivity index (χ1n) is 6.31. The third-order valence-corrected chi connectivity index (χ3v) is 3.58. The van der Waals surface area contributed by atoms with E-state index in [1.54, 1.807) is 12.3 Å². The Labute approximate surface area is 126 Å². The molecule has 0 bridgehead atoms. The van der Waals surface area contributed by atoms with Gasteiger partial charge < -0.3 is 11.1 Å². The Bertz CT molecular complexity index is 571. The van der Waals surface area contributed by atoms with Crippen LogP contribution in [-0.2, 0) is 4.79 Å². The molecule has 5 heteroatoms. The largest absolute Gasteiger partial charge is 0.323 e. The summed E-state index contributed by atoms with van der Waals surface area (Å²) in [6, 6.07) is 12.8. The number of rotatable bonds is 4. The number of carbonyl (C=O) groups is 1. The van der Waals surface area contributed by atoms with Gasteiger partial charge in [-0.1, -0.05) is 37.3 Å². The lowest BCUT2D eigenvalue weighted by Gasteiger charge is -2.19. The molecule has 0 aliphatic carbocycles. The molecule has 1 aromatic carbocycles. The van der Waals surface area contributed by atoms with Crippen LogP contribution >= 0.6 is 15.9 Å². The van der Waals surface area contributed by atoms with Crippen molar-refractivity contribution in [2.45, 2.75) is 13.0 Å². The van der Waals surface area contributed by atoms with E-state index in [-0.39, 0.29) is 17.9 Å². The topological polar surface area (TPSA) is 68.0 Å². The van der Waals surface area contributed by atoms with Crippen LogP contribution in [0.4, 0.5) is 5.82 Å². The van der Waals surface area contributed by atoms with Gasteiger partial charge in [-0.25, -0.2) is 4.98 Å². The summed E-state index contributed by atoms with van der Waals surface area (Å²) in [4.78, 5) is 16.3. The molecule has 0 aliphatic rings. The number of pyridine rings is 1. The molecule has 0 fully saturated rings. The van der Waals surface area contributed by atoms with Gasteiger partial charge in [-0.2, -0.15) is 0 Å². The average Bonchev–Trinajstić information content (AvgIpc) is 2.49. The van der Waals surface area contributed by atoms with Crippen LogP contribution in [0.5, 0.6) is 0 Å². The maximum Gasteiger partial charge on any atom is 0.230 e. The molecule has 2 atom stereocenters. The molecule has 1 amide bonds. The third-order valence-electron chi connectivity index (χ3n) is 3.12. The normalized spacial score (nSPS) is 13.6. The zero-order valence-electron chi connectivity index (χ0n) is 11.1. The van der Waals surface area contributed by atoms with Gasteiger partial charge in [0, 0.05) is 16.7 Å². The first kappa shape index (κ1) is 14.7. The lowest BCUT2D eigenvalue weighted by atomic mass is 9.95. The minimum Gasteiger partial charge on any atom is -0.323 e. The quantitative estimate of drug-likeness (QED) is 0.903. The SMILES string of the molecule is CC(C(=O)Nc1ccc(Br)cn1)C(N)c1ccccc1. The Morgan fingerprint density at radius 1 is 1.25 bits per heavy atom. The molecule has 4 nitrogen and oxygen atoms in total. The van der Waals surface area contributed by atoms with Crippen molar-refractivity contribution < 1.29 is 4.79 Å². The Balaban J connectivity index is 2.03. The van der Waals surface area contributed by atoms with Crippen molar-refractivity contribution in [2.24, 2.45) is 11.7 Å². The molecule has 2 aromatic rings. The Hall–Kier alpha value is -1.72. The predicted octanol–water partition coefficient (Wildman–Crippen LogP) is 3.12. The fourth-order valence-corrected chi connectivity index (χ4v) is 2.05. The van der Waals surface area contributed by atoms with Gasteiger partial charge in [-0.3, -0.25) is 4.79 Å². The number of hydrogen-bond acceptors (Lipinski definition) is 3. The van der Waals surface area contributed by atoms with Crippen LogP contribution in [0.1, 0.15) is 18.5 Å². The van der Waals surface area contributed by atoms with E-state index in [0.717, 1.165) is 10.0 Å². The highest BCUT2D eigenvalue weighted by Crippen LogP contribution is 2.20. The second-order valence-corrected chi connectivity index (χ2v) is 5.49. The number of benzene rings is 1. The lowest BCUT2D eigenvalue weighted by molar-refractivity contribution is -0.120. The van der Waals surface area contributed by atoms with Crippen LogP contribution in [0.15, 0.2) is 53.1 Å². The summed E-state index contributed by atoms with van der Waals surface area (Å²) in [6.45, 7) is 1.81. The fourth-order valence-electron chi connectivity index (χ4n) is 1.82. The summed E-state index contributed by atoms with van der Waals surface area (Å²) in [5.41, 5.74) is 7.07. The molecule has 104 valence electrons. The molecule has 2 rings (SSSR count). The average molecular weight is 334 g/mol. The molecular formula is C15H16BrN3O. The van der Waals surface area contributed by atoms with Gasteiger partial charge in [0.25, 0.3) is 0 Å². The van der Waals surface area contributed by atoms with Gasteiger partial charge in [-0.05, 0) is 33.6 Å². The van der Waals surface area contributed by atoms with E-state index in [0.29, 0.717) is 5.82 Å². The maximum absolute atomic E-state index is 12.2. The van der Waals surface area contributed by atoms with Crippen LogP contribution in [-0.4, -0.2) is 10.9 Å². The number of carbonyl (C=O) groups excluding carboxylic acids is 1. The summed E-state index contributed by atoms with van der Waals surface area (Å²) in [5, 5.41) is 2.77. The molecule has 3 N–H and O–H groups in total. The van der Waals surface area contributed by atoms with Crippen molar-refractivity contribution in [3.8, 4) is 0 Å². The van der Waals surface area contributed by atoms with Crippen molar-refractivity contribution >= 4 is 27.7 Å². The Morgan fingerprint density at radius 2 is 1.95 bits per heavy atom. The first-order valence-corrected chi connectivity index (χ1v) is 7.10. The molecule has 1 heterocycles. The molecule has 0 spiro atoms. The van der Waals surface area contributed by atoms with Gasteiger partial charge in [0.15, 0.2) is 0 Å². The van der Waals surface area contributed by atoms with Crippen LogP contribution in [0.25, 0.3) is 0 Å². The molecule has 0 radical (unpaired) electrons. The predicted molar refractivity (Wildman–Crippen MR) is 83.1 cm³/mol. The number of amides is 1. The number of nitrogens with two attached hydrogens (primary N) is 1. The van der Waals surface area contributed by atoms with Crippen LogP contribution < -0.4 is 11.1 Å². The molecule has 0 saturated carbocycles. The van der Waals surface area contributed by atoms with Crippen molar-refractivity contribution in [1.82, 2.24) is 4.98 Å². The highest BCUT2D eigenvalue weighted by Gasteiger charge is 2.22. The van der Waals surface area contributed by atoms with E-state index >= 15 is 0 Å². The smallest absolute Gasteiger partial charge is 0.230 e. The first-order chi connectivity index (χ1) is 9.58. The second kappa shape index (κ2) is 6.63. The van der Waals surface area contributed by atoms with Gasteiger partial charge in [-0.15, -0.1) is 0 Å². The number of halogens is 1. The number of hydrogen-bond donors (Lipinski definition) is 2. The standard InChI is InChI=1S/C15H16BrN3O/c1-10(14(17)11-5-3-2-4-6-11)15(20)19-13-8-7-12(16)9-18-13/h2-10,14H,17H2,1H3,(H,18,19,20). The van der Waals surface area contributed by atoms with E-state index in [2.05, 4.69) is 26.2 Å². The highest BCUT2D eigenvalue weighted by molar-refractivity contribution is 9.10. The fraction of sp³-hybridized carbons (Fsp3) is 0.200. The molecule has 0 aliphatic heterocycles. The van der Waals surface area contributed by atoms with Crippen molar-refractivity contribution in [3.63, 3.8) is 0 Å². The van der Waals surface area contributed by atoms with Crippen molar-refractivity contribution in [3.05, 3.63) is 58.7 Å². The van der Waals surface area contributed by atoms with Crippen molar-refractivity contribution in [1.29, 1.82) is 0 Å². The van der Waals surface area contributed by atoms with E-state index in [4.69, 9.17) is 5.73 Å². The van der Waals surface area contributed by atoms with Gasteiger partial charge in [0.05, 0.1) is 5.92 Å². The molecule has 2 unspecified atom stereocenters. The molecule has 1 aromatic heterocycles. The van der Waals surface area contributed by atoms with E-state index in [1.807, 2.05) is 43.3 Å². The summed E-state index contributed by atoms with van der Waals surface area (Å²) >= 11 is 3.30. The van der Waals surface area contributed by atoms with Crippen LogP contribution in [0.3, 0.4) is 0 Å². The van der Waals surface area contributed by atoms with Gasteiger partial charge in [0.2, 0.25) is 5.91 Å². The van der Waals surface area contributed by atoms with E-state index < -0.39 is 0 Å². The maximum atomic E-state index is 12.2. The Kier molecular flexibility index (Phi) is 4.87. The van der Waals surface area contributed by atoms with Crippen LogP contribution in [0, 0.1) is 5.92 Å². The van der Waals surface area contributed by atoms with E-state index in [9.17, 15) is 4.79 Å². The summed E-state index contributed by atoms with van der Waals surface area (Å²) < 4.78 is 0.865. The Morgan fingerprint density at radius 3 is 2.55 bits per heavy atom.